The van der Waals surface area contributed by atoms with Crippen LogP contribution in [0, 0.1) is 12.3 Å². The van der Waals surface area contributed by atoms with Crippen molar-refractivity contribution in [3.05, 3.63) is 62.4 Å². The summed E-state index contributed by atoms with van der Waals surface area (Å²) in [6.45, 7) is 3.12. The van der Waals surface area contributed by atoms with E-state index in [2.05, 4.69) is 4.98 Å². The van der Waals surface area contributed by atoms with Gasteiger partial charge in [-0.15, -0.1) is 0 Å². The molecule has 174 valence electrons. The number of amides is 1. The quantitative estimate of drug-likeness (QED) is 0.420. The van der Waals surface area contributed by atoms with Crippen LogP contribution < -0.4 is 0 Å². The van der Waals surface area contributed by atoms with E-state index in [9.17, 15) is 18.0 Å². The Labute approximate surface area is 199 Å². The first-order valence-electron chi connectivity index (χ1n) is 10.8. The number of nitrogens with zero attached hydrogens (tertiary/aromatic N) is 3. The number of halogens is 5. The molecule has 2 aromatic carbocycles. The second-order valence-corrected chi connectivity index (χ2v) is 10.1. The highest BCUT2D eigenvalue weighted by atomic mass is 35.5. The topological polar surface area (TPSA) is 38.1 Å². The van der Waals surface area contributed by atoms with E-state index in [1.165, 1.54) is 19.3 Å². The van der Waals surface area contributed by atoms with Gasteiger partial charge in [0.1, 0.15) is 5.82 Å². The van der Waals surface area contributed by atoms with Crippen LogP contribution in [0.1, 0.15) is 52.1 Å². The Hall–Kier alpha value is -2.25. The van der Waals surface area contributed by atoms with Crippen LogP contribution >= 0.6 is 23.2 Å². The first-order chi connectivity index (χ1) is 15.5. The third kappa shape index (κ3) is 3.69. The second kappa shape index (κ2) is 7.64. The average Bonchev–Trinajstić information content (AvgIpc) is 2.98. The van der Waals surface area contributed by atoms with Gasteiger partial charge >= 0.3 is 6.18 Å². The van der Waals surface area contributed by atoms with Gasteiger partial charge in [0.25, 0.3) is 5.91 Å². The molecule has 1 saturated heterocycles. The van der Waals surface area contributed by atoms with E-state index in [4.69, 9.17) is 23.2 Å². The Morgan fingerprint density at radius 3 is 2.48 bits per heavy atom. The largest absolute Gasteiger partial charge is 0.416 e. The SMILES string of the molecule is Cc1cc(C(F)(F)F)cc2c1nc(Cc1c(Cl)ccc(C(=O)N3CC4(CCC4)C3)c1Cl)n2C. The van der Waals surface area contributed by atoms with Crippen molar-refractivity contribution in [3.63, 3.8) is 0 Å². The maximum Gasteiger partial charge on any atom is 0.416 e. The van der Waals surface area contributed by atoms with Crippen molar-refractivity contribution in [3.8, 4) is 0 Å². The number of rotatable bonds is 3. The highest BCUT2D eigenvalue weighted by Gasteiger charge is 2.49. The Balaban J connectivity index is 1.48. The number of carbonyl (C=O) groups excluding carboxylic acids is 1. The molecular formula is C24H22Cl2F3N3O. The fraction of sp³-hybridized carbons (Fsp3) is 0.417. The lowest BCUT2D eigenvalue weighted by Crippen LogP contribution is -2.61. The van der Waals surface area contributed by atoms with Crippen molar-refractivity contribution in [2.45, 2.75) is 38.8 Å². The molecule has 1 amide bonds. The zero-order valence-electron chi connectivity index (χ0n) is 18.2. The molecule has 33 heavy (non-hydrogen) atoms. The number of hydrogen-bond acceptors (Lipinski definition) is 2. The molecule has 2 heterocycles. The van der Waals surface area contributed by atoms with Gasteiger partial charge in [-0.05, 0) is 55.2 Å². The number of aryl methyl sites for hydroxylation is 2. The first kappa shape index (κ1) is 22.5. The van der Waals surface area contributed by atoms with Crippen LogP contribution in [-0.4, -0.2) is 33.4 Å². The zero-order chi connectivity index (χ0) is 23.7. The smallest absolute Gasteiger partial charge is 0.337 e. The fourth-order valence-electron chi connectivity index (χ4n) is 4.98. The summed E-state index contributed by atoms with van der Waals surface area (Å²) in [7, 11) is 1.67. The number of carbonyl (C=O) groups is 1. The minimum absolute atomic E-state index is 0.119. The highest BCUT2D eigenvalue weighted by Crippen LogP contribution is 2.48. The summed E-state index contributed by atoms with van der Waals surface area (Å²) >= 11 is 13.1. The van der Waals surface area contributed by atoms with Gasteiger partial charge in [-0.25, -0.2) is 4.98 Å². The molecule has 4 nitrogen and oxygen atoms in total. The molecule has 0 N–H and O–H groups in total. The molecular weight excluding hydrogens is 474 g/mol. The lowest BCUT2D eigenvalue weighted by Gasteiger charge is -2.56. The standard InChI is InChI=1S/C24H22Cl2F3N3O/c1-13-8-14(24(27,28)29)9-18-21(13)30-19(31(18)2)10-16-17(25)5-4-15(20(16)26)22(33)32-11-23(12-32)6-3-7-23/h4-5,8-9H,3,6-7,10-12H2,1-2H3. The molecule has 1 aliphatic heterocycles. The van der Waals surface area contributed by atoms with Crippen molar-refractivity contribution >= 4 is 40.1 Å². The Morgan fingerprint density at radius 2 is 1.88 bits per heavy atom. The minimum Gasteiger partial charge on any atom is -0.337 e. The van der Waals surface area contributed by atoms with Crippen LogP contribution in [-0.2, 0) is 19.6 Å². The minimum atomic E-state index is -4.44. The van der Waals surface area contributed by atoms with Gasteiger partial charge in [0.05, 0.1) is 27.2 Å². The van der Waals surface area contributed by atoms with E-state index in [1.54, 1.807) is 30.7 Å². The maximum atomic E-state index is 13.3. The third-order valence-corrected chi connectivity index (χ3v) is 7.89. The van der Waals surface area contributed by atoms with Gasteiger partial charge < -0.3 is 9.47 Å². The van der Waals surface area contributed by atoms with Crippen LogP contribution in [0.3, 0.4) is 0 Å². The van der Waals surface area contributed by atoms with Crippen LogP contribution in [0.5, 0.6) is 0 Å². The summed E-state index contributed by atoms with van der Waals surface area (Å²) in [6, 6.07) is 5.48. The van der Waals surface area contributed by atoms with E-state index < -0.39 is 11.7 Å². The van der Waals surface area contributed by atoms with Gasteiger partial charge in [0.15, 0.2) is 0 Å². The summed E-state index contributed by atoms with van der Waals surface area (Å²) in [5, 5.41) is 0.650. The average molecular weight is 496 g/mol. The van der Waals surface area contributed by atoms with Crippen molar-refractivity contribution in [2.75, 3.05) is 13.1 Å². The van der Waals surface area contributed by atoms with E-state index >= 15 is 0 Å². The number of imidazole rings is 1. The molecule has 1 aliphatic carbocycles. The predicted molar refractivity (Wildman–Crippen MR) is 122 cm³/mol. The van der Waals surface area contributed by atoms with Crippen molar-refractivity contribution in [2.24, 2.45) is 12.5 Å². The molecule has 0 unspecified atom stereocenters. The lowest BCUT2D eigenvalue weighted by molar-refractivity contribution is -0.137. The molecule has 0 atom stereocenters. The van der Waals surface area contributed by atoms with E-state index in [1.807, 2.05) is 4.90 Å². The van der Waals surface area contributed by atoms with Crippen LogP contribution in [0.2, 0.25) is 10.0 Å². The third-order valence-electron chi connectivity index (χ3n) is 7.10. The second-order valence-electron chi connectivity index (χ2n) is 9.32. The maximum absolute atomic E-state index is 13.3. The molecule has 3 aromatic rings. The molecule has 5 rings (SSSR count). The number of benzene rings is 2. The van der Waals surface area contributed by atoms with E-state index in [0.717, 1.165) is 25.2 Å². The van der Waals surface area contributed by atoms with Crippen LogP contribution in [0.25, 0.3) is 11.0 Å². The Kier molecular flexibility index (Phi) is 5.21. The summed E-state index contributed by atoms with van der Waals surface area (Å²) < 4.78 is 41.5. The van der Waals surface area contributed by atoms with Crippen molar-refractivity contribution < 1.29 is 18.0 Å². The molecule has 2 fully saturated rings. The Bertz CT molecular complexity index is 1290. The normalized spacial score (nSPS) is 17.4. The van der Waals surface area contributed by atoms with Crippen LogP contribution in [0.15, 0.2) is 24.3 Å². The number of alkyl halides is 3. The van der Waals surface area contributed by atoms with Gasteiger partial charge in [-0.1, -0.05) is 29.6 Å². The zero-order valence-corrected chi connectivity index (χ0v) is 19.7. The fourth-order valence-corrected chi connectivity index (χ4v) is 5.57. The van der Waals surface area contributed by atoms with Gasteiger partial charge in [0.2, 0.25) is 0 Å². The number of hydrogen-bond donors (Lipinski definition) is 0. The summed E-state index contributed by atoms with van der Waals surface area (Å²) in [5.74, 6) is 0.393. The summed E-state index contributed by atoms with van der Waals surface area (Å²) in [4.78, 5) is 19.4. The molecule has 0 bridgehead atoms. The molecule has 0 radical (unpaired) electrons. The molecule has 1 spiro atoms. The van der Waals surface area contributed by atoms with Gasteiger partial charge in [-0.2, -0.15) is 13.2 Å². The molecule has 2 aliphatic rings. The van der Waals surface area contributed by atoms with Crippen molar-refractivity contribution in [1.82, 2.24) is 14.5 Å². The molecule has 1 saturated carbocycles. The van der Waals surface area contributed by atoms with Gasteiger partial charge in [0, 0.05) is 37.0 Å². The number of aromatic nitrogens is 2. The number of fused-ring (bicyclic) bond motifs is 1. The molecule has 9 heteroatoms. The van der Waals surface area contributed by atoms with Crippen molar-refractivity contribution in [1.29, 1.82) is 0 Å². The van der Waals surface area contributed by atoms with E-state index in [0.29, 0.717) is 44.0 Å². The first-order valence-corrected chi connectivity index (χ1v) is 11.5. The Morgan fingerprint density at radius 1 is 1.18 bits per heavy atom. The molecule has 1 aromatic heterocycles. The monoisotopic (exact) mass is 495 g/mol. The van der Waals surface area contributed by atoms with Crippen LogP contribution in [0.4, 0.5) is 13.2 Å². The highest BCUT2D eigenvalue weighted by molar-refractivity contribution is 6.38. The predicted octanol–water partition coefficient (Wildman–Crippen LogP) is 6.42. The van der Waals surface area contributed by atoms with E-state index in [-0.39, 0.29) is 17.4 Å². The van der Waals surface area contributed by atoms with Gasteiger partial charge in [-0.3, -0.25) is 4.79 Å². The lowest BCUT2D eigenvalue weighted by atomic mass is 9.63. The summed E-state index contributed by atoms with van der Waals surface area (Å²) in [6.07, 6.45) is -0.707. The number of likely N-dealkylation sites (tertiary alicyclic amines) is 1. The summed E-state index contributed by atoms with van der Waals surface area (Å²) in [5.41, 5.74) is 1.82.